The maximum Gasteiger partial charge on any atom is 0.262 e. The summed E-state index contributed by atoms with van der Waals surface area (Å²) < 4.78 is 34.3. The molecule has 168 valence electrons. The highest BCUT2D eigenvalue weighted by atomic mass is 32.2. The van der Waals surface area contributed by atoms with Crippen molar-refractivity contribution in [2.75, 3.05) is 29.8 Å². The van der Waals surface area contributed by atoms with Gasteiger partial charge in [-0.05, 0) is 62.4 Å². The normalized spacial score (nSPS) is 18.9. The number of aromatic nitrogens is 2. The summed E-state index contributed by atoms with van der Waals surface area (Å²) in [5, 5.41) is 3.51. The number of anilines is 2. The smallest absolute Gasteiger partial charge is 0.262 e. The standard InChI is InChI=1S/C23H27N5O3S/c1-16-14-28(15-17(2)26-16)19-7-10-22(31-3)21(13-19)27-32(29,30)20-8-5-18(6-9-20)23-24-11-4-12-25-23/h4-13,16-17,26-27H,14-15H2,1-3H3. The Bertz CT molecular complexity index is 1160. The molecule has 2 unspecified atom stereocenters. The van der Waals surface area contributed by atoms with E-state index >= 15 is 0 Å². The molecule has 0 amide bonds. The van der Waals surface area contributed by atoms with Crippen molar-refractivity contribution in [1.29, 1.82) is 0 Å². The topological polar surface area (TPSA) is 96.5 Å². The fourth-order valence-corrected chi connectivity index (χ4v) is 5.01. The molecule has 3 aromatic rings. The van der Waals surface area contributed by atoms with Crippen molar-refractivity contribution in [2.45, 2.75) is 30.8 Å². The van der Waals surface area contributed by atoms with E-state index in [4.69, 9.17) is 4.74 Å². The number of piperazine rings is 1. The summed E-state index contributed by atoms with van der Waals surface area (Å²) in [7, 11) is -2.29. The second-order valence-corrected chi connectivity index (χ2v) is 9.64. The molecule has 0 aliphatic carbocycles. The molecule has 1 fully saturated rings. The van der Waals surface area contributed by atoms with Gasteiger partial charge in [0.15, 0.2) is 5.82 Å². The van der Waals surface area contributed by atoms with Crippen LogP contribution in [0.2, 0.25) is 0 Å². The summed E-state index contributed by atoms with van der Waals surface area (Å²) in [6, 6.07) is 14.5. The van der Waals surface area contributed by atoms with Crippen molar-refractivity contribution in [3.05, 3.63) is 60.9 Å². The van der Waals surface area contributed by atoms with Crippen LogP contribution in [-0.2, 0) is 10.0 Å². The number of nitrogens with zero attached hydrogens (tertiary/aromatic N) is 3. The number of nitrogens with one attached hydrogen (secondary N) is 2. The van der Waals surface area contributed by atoms with E-state index in [1.54, 1.807) is 48.8 Å². The third kappa shape index (κ3) is 4.84. The second-order valence-electron chi connectivity index (χ2n) is 7.96. The van der Waals surface area contributed by atoms with Crippen LogP contribution in [0.3, 0.4) is 0 Å². The van der Waals surface area contributed by atoms with Crippen LogP contribution in [0.5, 0.6) is 5.75 Å². The molecule has 0 spiro atoms. The lowest BCUT2D eigenvalue weighted by atomic mass is 10.1. The van der Waals surface area contributed by atoms with Crippen molar-refractivity contribution in [1.82, 2.24) is 15.3 Å². The first-order chi connectivity index (χ1) is 15.4. The molecule has 1 aromatic heterocycles. The van der Waals surface area contributed by atoms with Crippen molar-refractivity contribution >= 4 is 21.4 Å². The molecule has 2 heterocycles. The lowest BCUT2D eigenvalue weighted by molar-refractivity contribution is 0.406. The molecule has 1 aliphatic heterocycles. The van der Waals surface area contributed by atoms with Crippen LogP contribution < -0.4 is 19.7 Å². The van der Waals surface area contributed by atoms with Gasteiger partial charge in [-0.15, -0.1) is 0 Å². The first-order valence-electron chi connectivity index (χ1n) is 10.4. The van der Waals surface area contributed by atoms with E-state index in [2.05, 4.69) is 38.8 Å². The van der Waals surface area contributed by atoms with E-state index in [0.717, 1.165) is 24.3 Å². The summed E-state index contributed by atoms with van der Waals surface area (Å²) >= 11 is 0. The monoisotopic (exact) mass is 453 g/mol. The third-order valence-electron chi connectivity index (χ3n) is 5.34. The number of sulfonamides is 1. The Morgan fingerprint density at radius 2 is 1.69 bits per heavy atom. The molecule has 0 saturated carbocycles. The molecule has 0 bridgehead atoms. The van der Waals surface area contributed by atoms with Gasteiger partial charge in [0.2, 0.25) is 0 Å². The molecular formula is C23H27N5O3S. The summed E-state index contributed by atoms with van der Waals surface area (Å²) in [5.41, 5.74) is 2.09. The molecule has 2 N–H and O–H groups in total. The van der Waals surface area contributed by atoms with E-state index in [-0.39, 0.29) is 4.90 Å². The van der Waals surface area contributed by atoms with Crippen molar-refractivity contribution < 1.29 is 13.2 Å². The zero-order chi connectivity index (χ0) is 22.7. The number of rotatable bonds is 6. The van der Waals surface area contributed by atoms with E-state index in [1.807, 2.05) is 12.1 Å². The van der Waals surface area contributed by atoms with Crippen LogP contribution in [0.4, 0.5) is 11.4 Å². The molecule has 0 radical (unpaired) electrons. The minimum absolute atomic E-state index is 0.147. The predicted molar refractivity (Wildman–Crippen MR) is 126 cm³/mol. The number of methoxy groups -OCH3 is 1. The Kier molecular flexibility index (Phi) is 6.29. The van der Waals surface area contributed by atoms with E-state index in [1.165, 1.54) is 7.11 Å². The maximum atomic E-state index is 13.1. The Morgan fingerprint density at radius 1 is 1.03 bits per heavy atom. The zero-order valence-corrected chi connectivity index (χ0v) is 19.1. The molecule has 2 atom stereocenters. The highest BCUT2D eigenvalue weighted by molar-refractivity contribution is 7.92. The van der Waals surface area contributed by atoms with Gasteiger partial charge in [0, 0.05) is 48.8 Å². The molecule has 4 rings (SSSR count). The predicted octanol–water partition coefficient (Wildman–Crippen LogP) is 3.14. The Balaban J connectivity index is 1.59. The maximum absolute atomic E-state index is 13.1. The summed E-state index contributed by atoms with van der Waals surface area (Å²) in [5.74, 6) is 1.00. The van der Waals surface area contributed by atoms with Crippen LogP contribution in [0.25, 0.3) is 11.4 Å². The highest BCUT2D eigenvalue weighted by Gasteiger charge is 2.23. The second kappa shape index (κ2) is 9.13. The van der Waals surface area contributed by atoms with Crippen LogP contribution in [0, 0.1) is 0 Å². The molecular weight excluding hydrogens is 426 g/mol. The number of ether oxygens (including phenoxy) is 1. The number of benzene rings is 2. The van der Waals surface area contributed by atoms with E-state index in [0.29, 0.717) is 29.3 Å². The average Bonchev–Trinajstić information content (AvgIpc) is 2.79. The summed E-state index contributed by atoms with van der Waals surface area (Å²) in [4.78, 5) is 10.8. The van der Waals surface area contributed by atoms with E-state index < -0.39 is 10.0 Å². The van der Waals surface area contributed by atoms with Crippen molar-refractivity contribution in [3.8, 4) is 17.1 Å². The van der Waals surface area contributed by atoms with Gasteiger partial charge in [-0.1, -0.05) is 0 Å². The number of hydrogen-bond donors (Lipinski definition) is 2. The van der Waals surface area contributed by atoms with Crippen LogP contribution >= 0.6 is 0 Å². The largest absolute Gasteiger partial charge is 0.495 e. The minimum atomic E-state index is -3.82. The Hall–Kier alpha value is -3.17. The van der Waals surface area contributed by atoms with Gasteiger partial charge in [0.25, 0.3) is 10.0 Å². The summed E-state index contributed by atoms with van der Waals surface area (Å²) in [6.07, 6.45) is 3.29. The molecule has 9 heteroatoms. The van der Waals surface area contributed by atoms with Crippen LogP contribution in [-0.4, -0.2) is 50.7 Å². The molecule has 2 aromatic carbocycles. The zero-order valence-electron chi connectivity index (χ0n) is 18.3. The van der Waals surface area contributed by atoms with Gasteiger partial charge in [-0.3, -0.25) is 4.72 Å². The van der Waals surface area contributed by atoms with Gasteiger partial charge in [-0.25, -0.2) is 18.4 Å². The fourth-order valence-electron chi connectivity index (χ4n) is 3.95. The molecule has 1 saturated heterocycles. The first-order valence-corrected chi connectivity index (χ1v) is 11.9. The van der Waals surface area contributed by atoms with Crippen molar-refractivity contribution in [3.63, 3.8) is 0 Å². The fraction of sp³-hybridized carbons (Fsp3) is 0.304. The lowest BCUT2D eigenvalue weighted by Crippen LogP contribution is -2.54. The van der Waals surface area contributed by atoms with Gasteiger partial charge < -0.3 is 15.0 Å². The molecule has 1 aliphatic rings. The van der Waals surface area contributed by atoms with Gasteiger partial charge in [0.1, 0.15) is 5.75 Å². The highest BCUT2D eigenvalue weighted by Crippen LogP contribution is 2.32. The van der Waals surface area contributed by atoms with Crippen LogP contribution in [0.15, 0.2) is 65.8 Å². The molecule has 32 heavy (non-hydrogen) atoms. The molecule has 8 nitrogen and oxygen atoms in total. The van der Waals surface area contributed by atoms with Crippen LogP contribution in [0.1, 0.15) is 13.8 Å². The first kappa shape index (κ1) is 22.0. The SMILES string of the molecule is COc1ccc(N2CC(C)NC(C)C2)cc1NS(=O)(=O)c1ccc(-c2ncccn2)cc1. The van der Waals surface area contributed by atoms with Gasteiger partial charge in [-0.2, -0.15) is 0 Å². The minimum Gasteiger partial charge on any atom is -0.495 e. The Labute approximate surface area is 188 Å². The van der Waals surface area contributed by atoms with Gasteiger partial charge in [0.05, 0.1) is 17.7 Å². The van der Waals surface area contributed by atoms with Gasteiger partial charge >= 0.3 is 0 Å². The third-order valence-corrected chi connectivity index (χ3v) is 6.72. The van der Waals surface area contributed by atoms with E-state index in [9.17, 15) is 8.42 Å². The lowest BCUT2D eigenvalue weighted by Gasteiger charge is -2.38. The van der Waals surface area contributed by atoms with Crippen molar-refractivity contribution in [2.24, 2.45) is 0 Å². The number of hydrogen-bond acceptors (Lipinski definition) is 7. The quantitative estimate of drug-likeness (QED) is 0.592. The average molecular weight is 454 g/mol. The Morgan fingerprint density at radius 3 is 2.31 bits per heavy atom. The summed E-state index contributed by atoms with van der Waals surface area (Å²) in [6.45, 7) is 5.96.